The number of anilines is 1. The lowest BCUT2D eigenvalue weighted by Gasteiger charge is -2.20. The molecule has 31 heavy (non-hydrogen) atoms. The van der Waals surface area contributed by atoms with Crippen LogP contribution >= 0.6 is 0 Å². The van der Waals surface area contributed by atoms with Gasteiger partial charge in [0.05, 0.1) is 24.8 Å². The van der Waals surface area contributed by atoms with Crippen LogP contribution in [0.5, 0.6) is 11.5 Å². The summed E-state index contributed by atoms with van der Waals surface area (Å²) in [5.74, 6) is 0.462. The Balaban J connectivity index is 1.88. The minimum atomic E-state index is -3.91. The van der Waals surface area contributed by atoms with Gasteiger partial charge in [0.15, 0.2) is 0 Å². The number of nitrogens with one attached hydrogen (secondary N) is 2. The van der Waals surface area contributed by atoms with Crippen molar-refractivity contribution in [2.24, 2.45) is 0 Å². The van der Waals surface area contributed by atoms with Gasteiger partial charge in [-0.2, -0.15) is 4.72 Å². The summed E-state index contributed by atoms with van der Waals surface area (Å²) in [6.45, 7) is 0. The molecule has 0 aliphatic heterocycles. The fourth-order valence-corrected chi connectivity index (χ4v) is 4.23. The van der Waals surface area contributed by atoms with Gasteiger partial charge in [0, 0.05) is 6.07 Å². The summed E-state index contributed by atoms with van der Waals surface area (Å²) in [5.41, 5.74) is 1.23. The molecular formula is C23H24N2O5S. The van der Waals surface area contributed by atoms with E-state index in [0.717, 1.165) is 5.56 Å². The third-order valence-electron chi connectivity index (χ3n) is 4.62. The molecule has 3 aromatic carbocycles. The lowest BCUT2D eigenvalue weighted by Crippen LogP contribution is -2.45. The molecule has 162 valence electrons. The molecule has 0 bridgehead atoms. The summed E-state index contributed by atoms with van der Waals surface area (Å²) in [6.07, 6.45) is 0.178. The van der Waals surface area contributed by atoms with Crippen LogP contribution in [0.1, 0.15) is 5.56 Å². The van der Waals surface area contributed by atoms with Crippen molar-refractivity contribution in [2.45, 2.75) is 17.4 Å². The normalized spacial score (nSPS) is 12.1. The number of methoxy groups -OCH3 is 2. The number of hydrogen-bond donors (Lipinski definition) is 2. The van der Waals surface area contributed by atoms with E-state index in [4.69, 9.17) is 9.47 Å². The maximum absolute atomic E-state index is 13.1. The van der Waals surface area contributed by atoms with Crippen LogP contribution in [-0.2, 0) is 21.2 Å². The molecular weight excluding hydrogens is 416 g/mol. The third-order valence-corrected chi connectivity index (χ3v) is 6.10. The molecule has 0 spiro atoms. The van der Waals surface area contributed by atoms with E-state index < -0.39 is 22.0 Å². The van der Waals surface area contributed by atoms with Crippen LogP contribution < -0.4 is 19.5 Å². The first-order chi connectivity index (χ1) is 14.9. The van der Waals surface area contributed by atoms with Gasteiger partial charge in [-0.1, -0.05) is 48.5 Å². The van der Waals surface area contributed by atoms with E-state index in [2.05, 4.69) is 10.0 Å². The Hall–Kier alpha value is -3.36. The van der Waals surface area contributed by atoms with Crippen LogP contribution in [0.25, 0.3) is 0 Å². The minimum absolute atomic E-state index is 0.0860. The molecule has 1 atom stereocenters. The van der Waals surface area contributed by atoms with E-state index in [0.29, 0.717) is 17.2 Å². The third kappa shape index (κ3) is 5.84. The molecule has 0 aliphatic carbocycles. The van der Waals surface area contributed by atoms with Gasteiger partial charge in [-0.05, 0) is 36.2 Å². The Kier molecular flexibility index (Phi) is 7.28. The topological polar surface area (TPSA) is 93.7 Å². The number of hydrogen-bond acceptors (Lipinski definition) is 5. The molecule has 0 fully saturated rings. The highest BCUT2D eigenvalue weighted by Gasteiger charge is 2.26. The summed E-state index contributed by atoms with van der Waals surface area (Å²) in [5, 5.41) is 2.76. The highest BCUT2D eigenvalue weighted by molar-refractivity contribution is 7.89. The molecule has 7 nitrogen and oxygen atoms in total. The molecule has 0 aromatic heterocycles. The first-order valence-electron chi connectivity index (χ1n) is 9.57. The van der Waals surface area contributed by atoms with Crippen molar-refractivity contribution in [2.75, 3.05) is 19.5 Å². The maximum Gasteiger partial charge on any atom is 0.243 e. The van der Waals surface area contributed by atoms with Crippen molar-refractivity contribution in [3.63, 3.8) is 0 Å². The lowest BCUT2D eigenvalue weighted by molar-refractivity contribution is -0.117. The summed E-state index contributed by atoms with van der Waals surface area (Å²) in [7, 11) is -0.900. The SMILES string of the molecule is COc1ccc(NC(=O)[C@H](Cc2ccccc2)NS(=O)(=O)c2ccccc2)c(OC)c1. The van der Waals surface area contributed by atoms with Gasteiger partial charge in [0.2, 0.25) is 15.9 Å². The maximum atomic E-state index is 13.1. The van der Waals surface area contributed by atoms with Gasteiger partial charge in [-0.3, -0.25) is 4.79 Å². The largest absolute Gasteiger partial charge is 0.497 e. The number of benzene rings is 3. The van der Waals surface area contributed by atoms with Gasteiger partial charge in [0.25, 0.3) is 0 Å². The molecule has 1 amide bonds. The number of ether oxygens (including phenoxy) is 2. The molecule has 0 aliphatic rings. The van der Waals surface area contributed by atoms with E-state index >= 15 is 0 Å². The predicted octanol–water partition coefficient (Wildman–Crippen LogP) is 3.23. The van der Waals surface area contributed by atoms with Gasteiger partial charge in [-0.15, -0.1) is 0 Å². The number of amides is 1. The quantitative estimate of drug-likeness (QED) is 0.533. The number of carbonyl (C=O) groups excluding carboxylic acids is 1. The molecule has 2 N–H and O–H groups in total. The zero-order valence-corrected chi connectivity index (χ0v) is 18.1. The van der Waals surface area contributed by atoms with Gasteiger partial charge in [0.1, 0.15) is 17.5 Å². The van der Waals surface area contributed by atoms with Crippen LogP contribution in [0, 0.1) is 0 Å². The number of carbonyl (C=O) groups is 1. The van der Waals surface area contributed by atoms with Crippen molar-refractivity contribution in [3.05, 3.63) is 84.4 Å². The highest BCUT2D eigenvalue weighted by atomic mass is 32.2. The van der Waals surface area contributed by atoms with E-state index in [1.165, 1.54) is 26.4 Å². The molecule has 0 heterocycles. The van der Waals surface area contributed by atoms with Crippen molar-refractivity contribution < 1.29 is 22.7 Å². The molecule has 3 aromatic rings. The van der Waals surface area contributed by atoms with Gasteiger partial charge >= 0.3 is 0 Å². The Labute approximate surface area is 182 Å². The Morgan fingerprint density at radius 2 is 1.55 bits per heavy atom. The molecule has 3 rings (SSSR count). The van der Waals surface area contributed by atoms with Gasteiger partial charge in [-0.25, -0.2) is 8.42 Å². The van der Waals surface area contributed by atoms with E-state index in [-0.39, 0.29) is 11.3 Å². The first-order valence-corrected chi connectivity index (χ1v) is 11.1. The molecule has 8 heteroatoms. The summed E-state index contributed by atoms with van der Waals surface area (Å²) in [4.78, 5) is 13.2. The van der Waals surface area contributed by atoms with Crippen molar-refractivity contribution in [1.82, 2.24) is 4.72 Å². The fourth-order valence-electron chi connectivity index (χ4n) is 3.01. The van der Waals surface area contributed by atoms with Gasteiger partial charge < -0.3 is 14.8 Å². The van der Waals surface area contributed by atoms with Crippen LogP contribution in [0.3, 0.4) is 0 Å². The van der Waals surface area contributed by atoms with Crippen molar-refractivity contribution in [1.29, 1.82) is 0 Å². The van der Waals surface area contributed by atoms with E-state index in [1.54, 1.807) is 36.4 Å². The van der Waals surface area contributed by atoms with Crippen LogP contribution in [-0.4, -0.2) is 34.6 Å². The zero-order valence-electron chi connectivity index (χ0n) is 17.2. The Bertz CT molecular complexity index is 1120. The summed E-state index contributed by atoms with van der Waals surface area (Å²) >= 11 is 0. The second-order valence-corrected chi connectivity index (χ2v) is 8.45. The first kappa shape index (κ1) is 22.3. The fraction of sp³-hybridized carbons (Fsp3) is 0.174. The summed E-state index contributed by atoms with van der Waals surface area (Å²) in [6, 6.07) is 21.1. The molecule has 0 unspecified atom stereocenters. The molecule has 0 saturated heterocycles. The second kappa shape index (κ2) is 10.1. The standard InChI is InChI=1S/C23H24N2O5S/c1-29-18-13-14-20(22(16-18)30-2)24-23(26)21(15-17-9-5-3-6-10-17)25-31(27,28)19-11-7-4-8-12-19/h3-14,16,21,25H,15H2,1-2H3,(H,24,26)/t21-/m0/s1. The smallest absolute Gasteiger partial charge is 0.243 e. The average molecular weight is 441 g/mol. The number of sulfonamides is 1. The van der Waals surface area contributed by atoms with Crippen molar-refractivity contribution in [3.8, 4) is 11.5 Å². The molecule has 0 saturated carbocycles. The van der Waals surface area contributed by atoms with Crippen molar-refractivity contribution >= 4 is 21.6 Å². The van der Waals surface area contributed by atoms with E-state index in [1.807, 2.05) is 30.3 Å². The second-order valence-electron chi connectivity index (χ2n) is 6.73. The summed E-state index contributed by atoms with van der Waals surface area (Å²) < 4.78 is 38.8. The van der Waals surface area contributed by atoms with Crippen LogP contribution in [0.15, 0.2) is 83.8 Å². The Morgan fingerprint density at radius 3 is 2.16 bits per heavy atom. The van der Waals surface area contributed by atoms with Crippen LogP contribution in [0.4, 0.5) is 5.69 Å². The predicted molar refractivity (Wildman–Crippen MR) is 119 cm³/mol. The van der Waals surface area contributed by atoms with E-state index in [9.17, 15) is 13.2 Å². The Morgan fingerprint density at radius 1 is 0.903 bits per heavy atom. The molecule has 0 radical (unpaired) electrons. The zero-order chi connectivity index (χ0) is 22.3. The van der Waals surface area contributed by atoms with Crippen LogP contribution in [0.2, 0.25) is 0 Å². The highest BCUT2D eigenvalue weighted by Crippen LogP contribution is 2.29. The minimum Gasteiger partial charge on any atom is -0.497 e. The number of rotatable bonds is 9. The lowest BCUT2D eigenvalue weighted by atomic mass is 10.1. The average Bonchev–Trinajstić information content (AvgIpc) is 2.80. The monoisotopic (exact) mass is 440 g/mol.